The summed E-state index contributed by atoms with van der Waals surface area (Å²) in [5, 5.41) is 5.05. The highest BCUT2D eigenvalue weighted by Gasteiger charge is 2.51. The molecule has 0 spiro atoms. The summed E-state index contributed by atoms with van der Waals surface area (Å²) in [6.07, 6.45) is 0. The van der Waals surface area contributed by atoms with Crippen molar-refractivity contribution in [1.29, 1.82) is 0 Å². The molecule has 0 saturated heterocycles. The number of fused-ring (bicyclic) bond motifs is 18. The molecule has 6 aliphatic rings. The van der Waals surface area contributed by atoms with Crippen LogP contribution in [0.25, 0.3) is 88.4 Å². The Labute approximate surface area is 649 Å². The molecule has 0 radical (unpaired) electrons. The van der Waals surface area contributed by atoms with Gasteiger partial charge in [-0.15, -0.1) is 0 Å². The maximum absolute atomic E-state index is 8.15. The van der Waals surface area contributed by atoms with Crippen LogP contribution in [0.3, 0.4) is 0 Å². The maximum Gasteiger partial charge on any atom is 0.256 e. The average Bonchev–Trinajstić information content (AvgIpc) is 1.67. The van der Waals surface area contributed by atoms with E-state index in [9.17, 15) is 0 Å². The lowest BCUT2D eigenvalue weighted by atomic mass is 9.29. The van der Waals surface area contributed by atoms with Gasteiger partial charge in [0.2, 0.25) is 0 Å². The molecule has 17 aromatic rings. The molecule has 0 amide bonds. The second-order valence-electron chi connectivity index (χ2n) is 32.9. The van der Waals surface area contributed by atoms with Crippen molar-refractivity contribution in [3.8, 4) is 56.3 Å². The Morgan fingerprint density at radius 1 is 0.243 bits per heavy atom. The highest BCUT2D eigenvalue weighted by Crippen LogP contribution is 2.53. The Kier molecular flexibility index (Phi) is 13.3. The fourth-order valence-electron chi connectivity index (χ4n) is 22.2. The fraction of sp³-hybridized carbons (Fsp3) is 0.118. The third-order valence-electron chi connectivity index (χ3n) is 26.1. The van der Waals surface area contributed by atoms with Gasteiger partial charge in [-0.05, 0) is 288 Å². The van der Waals surface area contributed by atoms with Crippen LogP contribution < -0.4 is 68.6 Å². The van der Waals surface area contributed by atoms with Crippen molar-refractivity contribution in [2.45, 2.75) is 83.1 Å². The van der Waals surface area contributed by atoms with Crippen molar-refractivity contribution >= 4 is 164 Å². The summed E-state index contributed by atoms with van der Waals surface area (Å²) in [7, 11) is 0. The number of rotatable bonds is 6. The predicted octanol–water partition coefficient (Wildman–Crippen LogP) is 20.2. The maximum atomic E-state index is 8.15. The van der Waals surface area contributed by atoms with E-state index < -0.39 is 0 Å². The molecule has 0 atom stereocenters. The molecule has 0 N–H and O–H groups in total. The normalized spacial score (nSPS) is 13.5. The summed E-state index contributed by atoms with van der Waals surface area (Å²) in [6.45, 7) is 26.8. The molecule has 2 aromatic heterocycles. The van der Waals surface area contributed by atoms with Gasteiger partial charge >= 0.3 is 0 Å². The van der Waals surface area contributed by atoms with Crippen molar-refractivity contribution in [1.82, 2.24) is 9.13 Å². The highest BCUT2D eigenvalue weighted by molar-refractivity contribution is 7.04. The van der Waals surface area contributed by atoms with E-state index in [1.807, 2.05) is 0 Å². The molecule has 0 fully saturated rings. The Morgan fingerprint density at radius 3 is 1.07 bits per heavy atom. The molecule has 6 nitrogen and oxygen atoms in total. The van der Waals surface area contributed by atoms with E-state index in [2.05, 4.69) is 362 Å². The highest BCUT2D eigenvalue weighted by atomic mass is 16.5. The Hall–Kier alpha value is -12.7. The topological polar surface area (TPSA) is 28.8 Å². The van der Waals surface area contributed by atoms with Crippen LogP contribution >= 0.6 is 0 Å². The molecule has 0 bridgehead atoms. The van der Waals surface area contributed by atoms with E-state index in [0.29, 0.717) is 0 Å². The monoisotopic (exact) mass is 1420 g/mol. The minimum absolute atomic E-state index is 0.165. The Balaban J connectivity index is 0.874. The van der Waals surface area contributed by atoms with Gasteiger partial charge in [0.15, 0.2) is 0 Å². The van der Waals surface area contributed by atoms with Crippen molar-refractivity contribution < 1.29 is 4.74 Å². The van der Waals surface area contributed by atoms with Crippen LogP contribution in [0, 0.1) is 83.1 Å². The number of anilines is 9. The van der Waals surface area contributed by atoms with Crippen molar-refractivity contribution in [2.75, 3.05) is 14.7 Å². The zero-order valence-electron chi connectivity index (χ0n) is 64.6. The first-order valence-electron chi connectivity index (χ1n) is 39.5. The molecule has 23 rings (SSSR count). The van der Waals surface area contributed by atoms with Crippen LogP contribution in [0.5, 0.6) is 11.5 Å². The van der Waals surface area contributed by atoms with E-state index in [-0.39, 0.29) is 20.1 Å². The molecule has 0 saturated carbocycles. The number of nitrogens with zero attached hydrogens (tertiary/aromatic N) is 5. The first-order chi connectivity index (χ1) is 54.0. The van der Waals surface area contributed by atoms with E-state index >= 15 is 0 Å². The van der Waals surface area contributed by atoms with Crippen LogP contribution in [0.15, 0.2) is 255 Å². The van der Waals surface area contributed by atoms with Crippen molar-refractivity contribution in [3.05, 3.63) is 322 Å². The van der Waals surface area contributed by atoms with E-state index in [1.165, 1.54) is 216 Å². The molecule has 9 heteroatoms. The number of aryl methyl sites for hydroxylation is 12. The van der Waals surface area contributed by atoms with E-state index in [1.54, 1.807) is 0 Å². The van der Waals surface area contributed by atoms with Gasteiger partial charge in [-0.3, -0.25) is 0 Å². The minimum atomic E-state index is -0.309. The van der Waals surface area contributed by atoms with Gasteiger partial charge in [0.1, 0.15) is 11.5 Å². The molecule has 526 valence electrons. The Bertz CT molecular complexity index is 7030. The van der Waals surface area contributed by atoms with E-state index in [0.717, 1.165) is 51.0 Å². The summed E-state index contributed by atoms with van der Waals surface area (Å²) in [5.74, 6) is 1.74. The van der Waals surface area contributed by atoms with Crippen LogP contribution in [0.2, 0.25) is 0 Å². The van der Waals surface area contributed by atoms with Crippen molar-refractivity contribution in [3.63, 3.8) is 0 Å². The Morgan fingerprint density at radius 2 is 0.604 bits per heavy atom. The smallest absolute Gasteiger partial charge is 0.256 e. The average molecular weight is 1420 g/mol. The quantitative estimate of drug-likeness (QED) is 0.155. The predicted molar refractivity (Wildman–Crippen MR) is 473 cm³/mol. The van der Waals surface area contributed by atoms with Crippen LogP contribution in [0.1, 0.15) is 66.8 Å². The zero-order chi connectivity index (χ0) is 74.7. The molecule has 0 aliphatic carbocycles. The largest absolute Gasteiger partial charge is 0.458 e. The van der Waals surface area contributed by atoms with Gasteiger partial charge in [0.25, 0.3) is 20.1 Å². The van der Waals surface area contributed by atoms with Gasteiger partial charge in [-0.25, -0.2) is 0 Å². The lowest BCUT2D eigenvalue weighted by molar-refractivity contribution is 0.488. The number of benzene rings is 15. The number of hydrogen-bond acceptors (Lipinski definition) is 4. The molecule has 8 heterocycles. The number of aromatic nitrogens is 2. The molecular formula is C102H78B3N5O. The molecular weight excluding hydrogens is 1340 g/mol. The first-order valence-corrected chi connectivity index (χ1v) is 39.5. The van der Waals surface area contributed by atoms with Crippen LogP contribution in [0.4, 0.5) is 51.2 Å². The summed E-state index contributed by atoms with van der Waals surface area (Å²) >= 11 is 0. The standard InChI is InChI=1S/C102H78B3N5O/c1-55-41-63(9)99(64(10)42-55)109-84-53-83-77(103-75-37-23-35-73-71-33-16-18-39-81(71)107(101(73)75)87-46-67(93-57(3)25-20-26-58(93)4)45-86(96(87)103)106(83)70-31-14-13-15-32-70)51-78(84)105-80-52-79-85(54-91(80)111-92-50-69(49-90(109)98(92)105)95-61(7)29-22-30-62(95)8)110(100-65(11)43-56(2)44-66(100)12)89-48-68(94-59(5)27-21-28-60(94)6)47-88-97(89)104(79)76-38-24-36-74-72-34-17-19-40-82(72)108(88)102(74)76/h13-54H,1-12H3. The third-order valence-corrected chi connectivity index (χ3v) is 26.1. The van der Waals surface area contributed by atoms with Crippen LogP contribution in [-0.4, -0.2) is 29.3 Å². The molecule has 111 heavy (non-hydrogen) atoms. The second-order valence-corrected chi connectivity index (χ2v) is 32.9. The zero-order valence-corrected chi connectivity index (χ0v) is 64.6. The van der Waals surface area contributed by atoms with Gasteiger partial charge in [0, 0.05) is 89.8 Å². The number of ether oxygens (including phenoxy) is 1. The van der Waals surface area contributed by atoms with Gasteiger partial charge in [-0.2, -0.15) is 0 Å². The summed E-state index contributed by atoms with van der Waals surface area (Å²) in [5.41, 5.74) is 51.3. The second kappa shape index (κ2) is 22.9. The third kappa shape index (κ3) is 8.67. The SMILES string of the molecule is Cc1cc(C)c(N2c3cc4c(cc3B3c5cc6c(cc5Oc5cc(-c7c(C)cccc7C)cc2c53)N(c2c(C)cc(C)cc2C)c2cc(-c3c(C)cccc3C)cc3c2B6c2cccc5c6ccccc6n-3c25)B2c3c(cc(-c5c(C)cccc5C)cc3-n3c5ccccc5c5cccc2c53)N4c2ccccc2)c(C)c1. The minimum Gasteiger partial charge on any atom is -0.458 e. The molecule has 0 unspecified atom stereocenters. The first kappa shape index (κ1) is 64.3. The molecule has 6 aliphatic heterocycles. The van der Waals surface area contributed by atoms with Gasteiger partial charge < -0.3 is 28.6 Å². The van der Waals surface area contributed by atoms with Crippen molar-refractivity contribution in [2.24, 2.45) is 0 Å². The lowest BCUT2D eigenvalue weighted by Gasteiger charge is -2.46. The lowest BCUT2D eigenvalue weighted by Crippen LogP contribution is -2.65. The van der Waals surface area contributed by atoms with Gasteiger partial charge in [0.05, 0.1) is 22.4 Å². The molecule has 15 aromatic carbocycles. The number of para-hydroxylation sites is 5. The number of hydrogen-bond donors (Lipinski definition) is 0. The summed E-state index contributed by atoms with van der Waals surface area (Å²) in [6, 6.07) is 99.2. The van der Waals surface area contributed by atoms with E-state index in [4.69, 9.17) is 4.74 Å². The fourth-order valence-corrected chi connectivity index (χ4v) is 22.2. The van der Waals surface area contributed by atoms with Gasteiger partial charge in [-0.1, -0.05) is 193 Å². The summed E-state index contributed by atoms with van der Waals surface area (Å²) in [4.78, 5) is 7.98. The van der Waals surface area contributed by atoms with Crippen LogP contribution in [-0.2, 0) is 0 Å². The summed E-state index contributed by atoms with van der Waals surface area (Å²) < 4.78 is 13.4.